The molecule has 6 N–H and O–H groups in total. The zero-order valence-electron chi connectivity index (χ0n) is 16.5. The number of aromatic nitrogens is 4. The molecule has 0 bridgehead atoms. The van der Waals surface area contributed by atoms with Crippen LogP contribution in [0.1, 0.15) is 18.0 Å². The van der Waals surface area contributed by atoms with E-state index in [0.29, 0.717) is 52.0 Å². The van der Waals surface area contributed by atoms with E-state index in [1.165, 1.54) is 12.4 Å². The lowest BCUT2D eigenvalue weighted by molar-refractivity contribution is 0.0317. The van der Waals surface area contributed by atoms with E-state index in [0.717, 1.165) is 5.56 Å². The first-order valence-corrected chi connectivity index (χ1v) is 9.91. The summed E-state index contributed by atoms with van der Waals surface area (Å²) in [5.41, 5.74) is 14.1. The standard InChI is InChI=1S/C22H21FN6O2/c23-15-7-11(8-16-13(15)3-4-18(24)28-16)1-2-12-9-17(20(31)19(12)30)29-6-5-14-21(25)26-10-27-22(14)29/h3-10,17,19-20,30-31H,1-2H2,(H2,24,28)(H2,25,26,27). The van der Waals surface area contributed by atoms with Crippen LogP contribution in [0.4, 0.5) is 16.0 Å². The summed E-state index contributed by atoms with van der Waals surface area (Å²) >= 11 is 0. The van der Waals surface area contributed by atoms with Gasteiger partial charge in [0, 0.05) is 11.6 Å². The Labute approximate surface area is 176 Å². The maximum Gasteiger partial charge on any atom is 0.146 e. The molecule has 1 aliphatic carbocycles. The molecule has 0 saturated heterocycles. The smallest absolute Gasteiger partial charge is 0.146 e. The van der Waals surface area contributed by atoms with Gasteiger partial charge in [-0.1, -0.05) is 6.08 Å². The van der Waals surface area contributed by atoms with E-state index in [2.05, 4.69) is 15.0 Å². The van der Waals surface area contributed by atoms with Gasteiger partial charge in [-0.25, -0.2) is 19.3 Å². The van der Waals surface area contributed by atoms with Crippen LogP contribution in [0.2, 0.25) is 0 Å². The van der Waals surface area contributed by atoms with E-state index in [-0.39, 0.29) is 5.82 Å². The third-order valence-electron chi connectivity index (χ3n) is 5.84. The Kier molecular flexibility index (Phi) is 4.57. The highest BCUT2D eigenvalue weighted by Crippen LogP contribution is 2.34. The number of benzene rings is 1. The molecule has 3 unspecified atom stereocenters. The number of nitrogens with two attached hydrogens (primary N) is 2. The molecule has 0 saturated carbocycles. The van der Waals surface area contributed by atoms with Crippen LogP contribution in [-0.4, -0.2) is 41.9 Å². The predicted molar refractivity (Wildman–Crippen MR) is 116 cm³/mol. The number of fused-ring (bicyclic) bond motifs is 2. The number of nitrogens with zero attached hydrogens (tertiary/aromatic N) is 4. The lowest BCUT2D eigenvalue weighted by Crippen LogP contribution is -2.29. The number of hydrogen-bond acceptors (Lipinski definition) is 7. The molecule has 1 aliphatic rings. The van der Waals surface area contributed by atoms with Gasteiger partial charge in [-0.3, -0.25) is 0 Å². The molecule has 0 fully saturated rings. The Bertz CT molecular complexity index is 1330. The van der Waals surface area contributed by atoms with E-state index in [4.69, 9.17) is 11.5 Å². The van der Waals surface area contributed by atoms with Gasteiger partial charge in [-0.2, -0.15) is 0 Å². The first-order chi connectivity index (χ1) is 14.9. The highest BCUT2D eigenvalue weighted by atomic mass is 19.1. The molecule has 8 nitrogen and oxygen atoms in total. The van der Waals surface area contributed by atoms with Gasteiger partial charge in [0.25, 0.3) is 0 Å². The predicted octanol–water partition coefficient (Wildman–Crippen LogP) is 2.12. The number of pyridine rings is 1. The van der Waals surface area contributed by atoms with E-state index in [9.17, 15) is 14.6 Å². The second-order valence-corrected chi connectivity index (χ2v) is 7.77. The second kappa shape index (κ2) is 7.29. The van der Waals surface area contributed by atoms with Crippen molar-refractivity contribution in [2.75, 3.05) is 11.5 Å². The zero-order chi connectivity index (χ0) is 21.7. The summed E-state index contributed by atoms with van der Waals surface area (Å²) in [7, 11) is 0. The lowest BCUT2D eigenvalue weighted by Gasteiger charge is -2.19. The van der Waals surface area contributed by atoms with E-state index < -0.39 is 18.2 Å². The summed E-state index contributed by atoms with van der Waals surface area (Å²) in [6.45, 7) is 0. The summed E-state index contributed by atoms with van der Waals surface area (Å²) in [6, 6.07) is 7.73. The Balaban J connectivity index is 1.42. The number of aryl methyl sites for hydroxylation is 1. The molecule has 3 heterocycles. The molecule has 158 valence electrons. The van der Waals surface area contributed by atoms with Gasteiger partial charge in [0.15, 0.2) is 0 Å². The molecule has 5 rings (SSSR count). The molecule has 0 spiro atoms. The van der Waals surface area contributed by atoms with E-state index in [1.807, 2.05) is 6.08 Å². The minimum atomic E-state index is -1.03. The van der Waals surface area contributed by atoms with Crippen LogP contribution in [0.3, 0.4) is 0 Å². The Morgan fingerprint density at radius 3 is 2.71 bits per heavy atom. The van der Waals surface area contributed by atoms with Crippen molar-refractivity contribution in [3.63, 3.8) is 0 Å². The molecule has 4 aromatic rings. The lowest BCUT2D eigenvalue weighted by atomic mass is 10.0. The molecule has 31 heavy (non-hydrogen) atoms. The van der Waals surface area contributed by atoms with Crippen LogP contribution >= 0.6 is 0 Å². The largest absolute Gasteiger partial charge is 0.388 e. The van der Waals surface area contributed by atoms with Gasteiger partial charge in [0.05, 0.1) is 16.9 Å². The fraction of sp³-hybridized carbons (Fsp3) is 0.227. The van der Waals surface area contributed by atoms with Crippen LogP contribution in [0.5, 0.6) is 0 Å². The number of aliphatic hydroxyl groups excluding tert-OH is 2. The number of nitrogen functional groups attached to an aromatic ring is 2. The second-order valence-electron chi connectivity index (χ2n) is 7.77. The van der Waals surface area contributed by atoms with E-state index >= 15 is 0 Å². The van der Waals surface area contributed by atoms with Crippen molar-refractivity contribution in [1.82, 2.24) is 19.5 Å². The van der Waals surface area contributed by atoms with Gasteiger partial charge in [-0.05, 0) is 54.3 Å². The summed E-state index contributed by atoms with van der Waals surface area (Å²) < 4.78 is 16.2. The van der Waals surface area contributed by atoms with Crippen molar-refractivity contribution in [2.45, 2.75) is 31.1 Å². The number of rotatable bonds is 4. The molecule has 0 aliphatic heterocycles. The van der Waals surface area contributed by atoms with Crippen molar-refractivity contribution >= 4 is 33.6 Å². The van der Waals surface area contributed by atoms with Crippen molar-refractivity contribution in [3.8, 4) is 0 Å². The quantitative estimate of drug-likeness (QED) is 0.371. The summed E-state index contributed by atoms with van der Waals surface area (Å²) in [5, 5.41) is 22.4. The summed E-state index contributed by atoms with van der Waals surface area (Å²) in [5.74, 6) is 0.316. The van der Waals surface area contributed by atoms with Gasteiger partial charge in [-0.15, -0.1) is 0 Å². The normalized spacial score (nSPS) is 21.1. The van der Waals surface area contributed by atoms with Gasteiger partial charge >= 0.3 is 0 Å². The van der Waals surface area contributed by atoms with Crippen LogP contribution in [-0.2, 0) is 6.42 Å². The molecule has 0 amide bonds. The van der Waals surface area contributed by atoms with Gasteiger partial charge in [0.1, 0.15) is 41.6 Å². The van der Waals surface area contributed by atoms with Gasteiger partial charge in [0.2, 0.25) is 0 Å². The Hall–Kier alpha value is -3.56. The molecular formula is C22H21FN6O2. The molecule has 1 aromatic carbocycles. The maximum atomic E-state index is 14.4. The summed E-state index contributed by atoms with van der Waals surface area (Å²) in [4.78, 5) is 12.4. The minimum absolute atomic E-state index is 0.326. The molecule has 3 atom stereocenters. The molecular weight excluding hydrogens is 399 g/mol. The van der Waals surface area contributed by atoms with Crippen LogP contribution in [0.15, 0.2) is 54.5 Å². The van der Waals surface area contributed by atoms with Crippen LogP contribution in [0.25, 0.3) is 21.9 Å². The van der Waals surface area contributed by atoms with Gasteiger partial charge < -0.3 is 26.2 Å². The number of hydrogen-bond donors (Lipinski definition) is 4. The number of anilines is 2. The van der Waals surface area contributed by atoms with E-state index in [1.54, 1.807) is 35.0 Å². The Morgan fingerprint density at radius 2 is 1.87 bits per heavy atom. The zero-order valence-corrected chi connectivity index (χ0v) is 16.5. The monoisotopic (exact) mass is 420 g/mol. The highest BCUT2D eigenvalue weighted by molar-refractivity contribution is 5.86. The average Bonchev–Trinajstić information content (AvgIpc) is 3.29. The number of halogens is 1. The minimum Gasteiger partial charge on any atom is -0.388 e. The highest BCUT2D eigenvalue weighted by Gasteiger charge is 2.36. The SMILES string of the molecule is Nc1ccc2c(F)cc(CCC3=CC(n4ccc5c(N)ncnc54)C(O)C3O)cc2n1. The summed E-state index contributed by atoms with van der Waals surface area (Å²) in [6.07, 6.45) is 3.85. The topological polar surface area (TPSA) is 136 Å². The first-order valence-electron chi connectivity index (χ1n) is 9.91. The van der Waals surface area contributed by atoms with Crippen LogP contribution < -0.4 is 11.5 Å². The number of aliphatic hydroxyl groups is 2. The third kappa shape index (κ3) is 3.28. The Morgan fingerprint density at radius 1 is 1.03 bits per heavy atom. The van der Waals surface area contributed by atoms with Crippen LogP contribution in [0, 0.1) is 5.82 Å². The maximum absolute atomic E-state index is 14.4. The third-order valence-corrected chi connectivity index (χ3v) is 5.84. The van der Waals surface area contributed by atoms with Crippen molar-refractivity contribution in [3.05, 3.63) is 65.9 Å². The fourth-order valence-corrected chi connectivity index (χ4v) is 4.22. The molecule has 0 radical (unpaired) electrons. The molecule has 3 aromatic heterocycles. The molecule has 9 heteroatoms. The first kappa shape index (κ1) is 19.4. The van der Waals surface area contributed by atoms with Crippen molar-refractivity contribution in [2.24, 2.45) is 0 Å². The fourth-order valence-electron chi connectivity index (χ4n) is 4.22. The van der Waals surface area contributed by atoms with Crippen molar-refractivity contribution in [1.29, 1.82) is 0 Å². The average molecular weight is 420 g/mol. The van der Waals surface area contributed by atoms with Crippen molar-refractivity contribution < 1.29 is 14.6 Å².